The second kappa shape index (κ2) is 7.15. The Bertz CT molecular complexity index is 896. The van der Waals surface area contributed by atoms with Crippen LogP contribution in [0, 0.1) is 0 Å². The van der Waals surface area contributed by atoms with E-state index in [0.717, 1.165) is 37.3 Å². The van der Waals surface area contributed by atoms with E-state index in [1.807, 2.05) is 35.3 Å². The Morgan fingerprint density at radius 3 is 2.96 bits per heavy atom. The van der Waals surface area contributed by atoms with E-state index in [1.54, 1.807) is 6.20 Å². The molecule has 6 heteroatoms. The first-order chi connectivity index (χ1) is 12.7. The number of aryl methyl sites for hydroxylation is 1. The van der Waals surface area contributed by atoms with Crippen LogP contribution in [0.4, 0.5) is 0 Å². The van der Waals surface area contributed by atoms with Gasteiger partial charge in [-0.05, 0) is 18.4 Å². The summed E-state index contributed by atoms with van der Waals surface area (Å²) in [6.45, 7) is 3.52. The predicted octanol–water partition coefficient (Wildman–Crippen LogP) is 2.44. The average Bonchev–Trinajstić information content (AvgIpc) is 3.28. The number of imidazole rings is 1. The van der Waals surface area contributed by atoms with Crippen molar-refractivity contribution < 1.29 is 4.79 Å². The minimum absolute atomic E-state index is 0.0327. The van der Waals surface area contributed by atoms with Crippen molar-refractivity contribution in [3.8, 4) is 0 Å². The van der Waals surface area contributed by atoms with Gasteiger partial charge in [0.1, 0.15) is 5.82 Å². The Labute approximate surface area is 152 Å². The van der Waals surface area contributed by atoms with Crippen molar-refractivity contribution in [2.75, 3.05) is 0 Å². The molecule has 0 saturated heterocycles. The number of aromatic nitrogens is 4. The van der Waals surface area contributed by atoms with Gasteiger partial charge >= 0.3 is 0 Å². The molecular formula is C20H23N5O. The van der Waals surface area contributed by atoms with E-state index in [1.165, 1.54) is 5.56 Å². The smallest absolute Gasteiger partial charge is 0.255 e. The number of carbonyl (C=O) groups excluding carboxylic acids is 1. The van der Waals surface area contributed by atoms with Gasteiger partial charge in [-0.25, -0.2) is 4.98 Å². The van der Waals surface area contributed by atoms with Crippen LogP contribution in [0.15, 0.2) is 48.9 Å². The summed E-state index contributed by atoms with van der Waals surface area (Å²) in [6, 6.07) is 10.3. The Morgan fingerprint density at radius 2 is 2.15 bits per heavy atom. The summed E-state index contributed by atoms with van der Waals surface area (Å²) in [5, 5.41) is 7.64. The number of benzene rings is 1. The van der Waals surface area contributed by atoms with E-state index in [0.29, 0.717) is 12.1 Å². The number of carbonyl (C=O) groups is 1. The lowest BCUT2D eigenvalue weighted by Gasteiger charge is -2.24. The van der Waals surface area contributed by atoms with E-state index in [-0.39, 0.29) is 11.9 Å². The molecular weight excluding hydrogens is 326 g/mol. The third-order valence-corrected chi connectivity index (χ3v) is 4.97. The number of nitrogens with one attached hydrogen (secondary N) is 1. The Kier molecular flexibility index (Phi) is 4.56. The number of hydrogen-bond donors (Lipinski definition) is 1. The highest BCUT2D eigenvalue weighted by atomic mass is 16.1. The molecule has 6 nitrogen and oxygen atoms in total. The normalized spacial score (nSPS) is 16.3. The highest BCUT2D eigenvalue weighted by Crippen LogP contribution is 2.16. The lowest BCUT2D eigenvalue weighted by molar-refractivity contribution is 0.0926. The number of fused-ring (bicyclic) bond motifs is 1. The molecule has 26 heavy (non-hydrogen) atoms. The Hall–Kier alpha value is -2.89. The van der Waals surface area contributed by atoms with Gasteiger partial charge < -0.3 is 9.88 Å². The van der Waals surface area contributed by atoms with Crippen molar-refractivity contribution in [3.63, 3.8) is 0 Å². The molecule has 1 aliphatic heterocycles. The minimum atomic E-state index is -0.0327. The van der Waals surface area contributed by atoms with E-state index in [2.05, 4.69) is 39.0 Å². The van der Waals surface area contributed by atoms with Gasteiger partial charge in [-0.15, -0.1) is 0 Å². The first-order valence-electron chi connectivity index (χ1n) is 9.14. The van der Waals surface area contributed by atoms with Crippen LogP contribution in [-0.4, -0.2) is 31.3 Å². The first kappa shape index (κ1) is 16.6. The van der Waals surface area contributed by atoms with Crippen LogP contribution < -0.4 is 5.32 Å². The summed E-state index contributed by atoms with van der Waals surface area (Å²) in [6.07, 6.45) is 8.08. The van der Waals surface area contributed by atoms with Crippen molar-refractivity contribution in [3.05, 3.63) is 71.6 Å². The summed E-state index contributed by atoms with van der Waals surface area (Å²) in [4.78, 5) is 17.2. The topological polar surface area (TPSA) is 64.7 Å². The number of amides is 1. The zero-order chi connectivity index (χ0) is 17.9. The predicted molar refractivity (Wildman–Crippen MR) is 99.0 cm³/mol. The fraction of sp³-hybridized carbons (Fsp3) is 0.350. The lowest BCUT2D eigenvalue weighted by Crippen LogP contribution is -2.41. The molecule has 0 radical (unpaired) electrons. The van der Waals surface area contributed by atoms with Crippen LogP contribution in [0.2, 0.25) is 0 Å². The fourth-order valence-corrected chi connectivity index (χ4v) is 3.61. The van der Waals surface area contributed by atoms with Crippen LogP contribution in [-0.2, 0) is 25.9 Å². The van der Waals surface area contributed by atoms with Gasteiger partial charge in [0.2, 0.25) is 0 Å². The van der Waals surface area contributed by atoms with Crippen LogP contribution in [0.3, 0.4) is 0 Å². The molecule has 0 unspecified atom stereocenters. The first-order valence-corrected chi connectivity index (χ1v) is 9.14. The van der Waals surface area contributed by atoms with Crippen LogP contribution in [0.25, 0.3) is 0 Å². The van der Waals surface area contributed by atoms with Gasteiger partial charge in [0.25, 0.3) is 5.91 Å². The summed E-state index contributed by atoms with van der Waals surface area (Å²) < 4.78 is 4.05. The zero-order valence-electron chi connectivity index (χ0n) is 14.9. The van der Waals surface area contributed by atoms with Crippen molar-refractivity contribution in [2.24, 2.45) is 0 Å². The standard InChI is InChI=1S/C20H23N5O/c1-2-18-17(12-22-25(18)13-15-6-4-3-5-7-15)20(26)23-16-8-9-19-21-10-11-24(19)14-16/h3-7,10-12,16H,2,8-9,13-14H2,1H3,(H,23,26)/t16-/m1/s1. The monoisotopic (exact) mass is 349 g/mol. The van der Waals surface area contributed by atoms with Gasteiger partial charge in [-0.1, -0.05) is 37.3 Å². The summed E-state index contributed by atoms with van der Waals surface area (Å²) in [5.74, 6) is 1.06. The zero-order valence-corrected chi connectivity index (χ0v) is 14.9. The Balaban J connectivity index is 1.48. The molecule has 0 aliphatic carbocycles. The van der Waals surface area contributed by atoms with E-state index in [4.69, 9.17) is 0 Å². The molecule has 3 aromatic rings. The highest BCUT2D eigenvalue weighted by Gasteiger charge is 2.23. The fourth-order valence-electron chi connectivity index (χ4n) is 3.61. The average molecular weight is 349 g/mol. The molecule has 0 bridgehead atoms. The van der Waals surface area contributed by atoms with Crippen LogP contribution >= 0.6 is 0 Å². The maximum absolute atomic E-state index is 12.8. The molecule has 134 valence electrons. The van der Waals surface area contributed by atoms with Crippen LogP contribution in [0.1, 0.15) is 40.8 Å². The SMILES string of the molecule is CCc1c(C(=O)N[C@@H]2CCc3nccn3C2)cnn1Cc1ccccc1. The number of hydrogen-bond acceptors (Lipinski definition) is 3. The van der Waals surface area contributed by atoms with Gasteiger partial charge in [0.05, 0.1) is 24.0 Å². The molecule has 1 N–H and O–H groups in total. The maximum Gasteiger partial charge on any atom is 0.255 e. The molecule has 0 saturated carbocycles. The Morgan fingerprint density at radius 1 is 1.31 bits per heavy atom. The molecule has 4 rings (SSSR count). The minimum Gasteiger partial charge on any atom is -0.347 e. The summed E-state index contributed by atoms with van der Waals surface area (Å²) >= 11 is 0. The molecule has 3 heterocycles. The van der Waals surface area contributed by atoms with Crippen molar-refractivity contribution in [1.29, 1.82) is 0 Å². The van der Waals surface area contributed by atoms with E-state index < -0.39 is 0 Å². The molecule has 1 aliphatic rings. The summed E-state index contributed by atoms with van der Waals surface area (Å²) in [7, 11) is 0. The highest BCUT2D eigenvalue weighted by molar-refractivity contribution is 5.95. The van der Waals surface area contributed by atoms with Gasteiger partial charge in [0, 0.05) is 31.4 Å². The van der Waals surface area contributed by atoms with Gasteiger partial charge in [-0.2, -0.15) is 5.10 Å². The molecule has 1 amide bonds. The molecule has 0 fully saturated rings. The second-order valence-electron chi connectivity index (χ2n) is 6.71. The number of rotatable bonds is 5. The molecule has 1 aromatic carbocycles. The van der Waals surface area contributed by atoms with E-state index in [9.17, 15) is 4.79 Å². The third-order valence-electron chi connectivity index (χ3n) is 4.97. The molecule has 1 atom stereocenters. The lowest BCUT2D eigenvalue weighted by atomic mass is 10.1. The van der Waals surface area contributed by atoms with Gasteiger partial charge in [0.15, 0.2) is 0 Å². The van der Waals surface area contributed by atoms with Gasteiger partial charge in [-0.3, -0.25) is 9.48 Å². The van der Waals surface area contributed by atoms with E-state index >= 15 is 0 Å². The van der Waals surface area contributed by atoms with Crippen molar-refractivity contribution in [2.45, 2.75) is 45.3 Å². The van der Waals surface area contributed by atoms with Crippen LogP contribution in [0.5, 0.6) is 0 Å². The second-order valence-corrected chi connectivity index (χ2v) is 6.71. The summed E-state index contributed by atoms with van der Waals surface area (Å²) in [5.41, 5.74) is 2.84. The molecule has 0 spiro atoms. The number of nitrogens with zero attached hydrogens (tertiary/aromatic N) is 4. The van der Waals surface area contributed by atoms with Crippen molar-refractivity contribution in [1.82, 2.24) is 24.6 Å². The quantitative estimate of drug-likeness (QED) is 0.769. The molecule has 2 aromatic heterocycles. The maximum atomic E-state index is 12.8. The van der Waals surface area contributed by atoms with Crippen molar-refractivity contribution >= 4 is 5.91 Å². The third kappa shape index (κ3) is 3.27. The largest absolute Gasteiger partial charge is 0.347 e.